The lowest BCUT2D eigenvalue weighted by atomic mass is 10.2. The first-order valence-electron chi connectivity index (χ1n) is 7.58. The van der Waals surface area contributed by atoms with Gasteiger partial charge in [-0.25, -0.2) is 9.97 Å². The van der Waals surface area contributed by atoms with E-state index in [1.54, 1.807) is 7.11 Å². The van der Waals surface area contributed by atoms with E-state index in [-0.39, 0.29) is 0 Å². The Morgan fingerprint density at radius 1 is 1.10 bits per heavy atom. The van der Waals surface area contributed by atoms with Crippen molar-refractivity contribution in [3.63, 3.8) is 0 Å². The van der Waals surface area contributed by atoms with Crippen molar-refractivity contribution in [2.24, 2.45) is 0 Å². The number of aromatic nitrogens is 2. The molecule has 0 amide bonds. The van der Waals surface area contributed by atoms with Gasteiger partial charge >= 0.3 is 0 Å². The number of ether oxygens (including phenoxy) is 1. The third-order valence-corrected chi connectivity index (χ3v) is 4.42. The second-order valence-corrected chi connectivity index (χ2v) is 5.88. The standard InChI is InChI=1S/C15H24N4O/c1-9-13(16-2)18-15(10-7-8-10)19-14(9)17-11-5-4-6-12(11)20-3/h10-12H,4-8H2,1-3H3,(H2,16,17,18,19). The molecule has 0 aliphatic heterocycles. The van der Waals surface area contributed by atoms with Gasteiger partial charge in [0.05, 0.1) is 12.1 Å². The van der Waals surface area contributed by atoms with Crippen LogP contribution in [0.1, 0.15) is 49.4 Å². The SMILES string of the molecule is CNc1nc(C2CC2)nc(NC2CCCC2OC)c1C. The summed E-state index contributed by atoms with van der Waals surface area (Å²) in [5, 5.41) is 6.78. The Hall–Kier alpha value is -1.36. The third-order valence-electron chi connectivity index (χ3n) is 4.42. The fourth-order valence-corrected chi connectivity index (χ4v) is 2.99. The summed E-state index contributed by atoms with van der Waals surface area (Å²) in [6.07, 6.45) is 6.23. The Bertz CT molecular complexity index is 487. The first kappa shape index (κ1) is 13.6. The number of nitrogens with one attached hydrogen (secondary N) is 2. The van der Waals surface area contributed by atoms with Gasteiger partial charge in [-0.2, -0.15) is 0 Å². The van der Waals surface area contributed by atoms with E-state index < -0.39 is 0 Å². The van der Waals surface area contributed by atoms with Gasteiger partial charge in [-0.15, -0.1) is 0 Å². The predicted molar refractivity (Wildman–Crippen MR) is 80.3 cm³/mol. The lowest BCUT2D eigenvalue weighted by Gasteiger charge is -2.22. The van der Waals surface area contributed by atoms with Crippen LogP contribution in [-0.4, -0.2) is 36.3 Å². The molecule has 2 saturated carbocycles. The molecule has 2 atom stereocenters. The number of hydrogen-bond acceptors (Lipinski definition) is 5. The fourth-order valence-electron chi connectivity index (χ4n) is 2.99. The third kappa shape index (κ3) is 2.59. The van der Waals surface area contributed by atoms with Crippen molar-refractivity contribution in [2.75, 3.05) is 24.8 Å². The van der Waals surface area contributed by atoms with Crippen LogP contribution in [0.4, 0.5) is 11.6 Å². The minimum atomic E-state index is 0.298. The van der Waals surface area contributed by atoms with Gasteiger partial charge in [0.15, 0.2) is 0 Å². The highest BCUT2D eigenvalue weighted by atomic mass is 16.5. The maximum atomic E-state index is 5.56. The van der Waals surface area contributed by atoms with Crippen molar-refractivity contribution in [1.29, 1.82) is 0 Å². The van der Waals surface area contributed by atoms with Crippen LogP contribution in [0, 0.1) is 6.92 Å². The average Bonchev–Trinajstić information content (AvgIpc) is 3.21. The van der Waals surface area contributed by atoms with E-state index in [9.17, 15) is 0 Å². The first-order valence-corrected chi connectivity index (χ1v) is 7.58. The number of methoxy groups -OCH3 is 1. The Morgan fingerprint density at radius 2 is 1.85 bits per heavy atom. The van der Waals surface area contributed by atoms with Crippen molar-refractivity contribution >= 4 is 11.6 Å². The van der Waals surface area contributed by atoms with E-state index >= 15 is 0 Å². The predicted octanol–water partition coefficient (Wildman–Crippen LogP) is 2.68. The van der Waals surface area contributed by atoms with Crippen molar-refractivity contribution < 1.29 is 4.74 Å². The molecule has 1 heterocycles. The van der Waals surface area contributed by atoms with Crippen molar-refractivity contribution in [3.05, 3.63) is 11.4 Å². The molecule has 0 saturated heterocycles. The molecule has 3 rings (SSSR count). The monoisotopic (exact) mass is 276 g/mol. The quantitative estimate of drug-likeness (QED) is 0.866. The second-order valence-electron chi connectivity index (χ2n) is 5.88. The lowest BCUT2D eigenvalue weighted by molar-refractivity contribution is 0.101. The van der Waals surface area contributed by atoms with E-state index in [2.05, 4.69) is 22.5 Å². The van der Waals surface area contributed by atoms with E-state index in [4.69, 9.17) is 9.72 Å². The molecular weight excluding hydrogens is 252 g/mol. The van der Waals surface area contributed by atoms with Crippen molar-refractivity contribution in [1.82, 2.24) is 9.97 Å². The second kappa shape index (κ2) is 5.56. The van der Waals surface area contributed by atoms with Crippen LogP contribution in [0.2, 0.25) is 0 Å². The molecule has 0 spiro atoms. The topological polar surface area (TPSA) is 59.1 Å². The van der Waals surface area contributed by atoms with Crippen LogP contribution in [-0.2, 0) is 4.74 Å². The molecule has 110 valence electrons. The maximum absolute atomic E-state index is 5.56. The zero-order chi connectivity index (χ0) is 14.1. The number of anilines is 2. The molecule has 2 unspecified atom stereocenters. The molecule has 2 fully saturated rings. The summed E-state index contributed by atoms with van der Waals surface area (Å²) in [5.41, 5.74) is 1.10. The lowest BCUT2D eigenvalue weighted by Crippen LogP contribution is -2.30. The van der Waals surface area contributed by atoms with E-state index in [1.165, 1.54) is 19.3 Å². The maximum Gasteiger partial charge on any atom is 0.136 e. The normalized spacial score (nSPS) is 25.8. The van der Waals surface area contributed by atoms with Gasteiger partial charge in [-0.05, 0) is 39.0 Å². The average molecular weight is 276 g/mol. The zero-order valence-electron chi connectivity index (χ0n) is 12.6. The molecule has 1 aromatic rings. The van der Waals surface area contributed by atoms with Gasteiger partial charge in [0.2, 0.25) is 0 Å². The molecule has 20 heavy (non-hydrogen) atoms. The van der Waals surface area contributed by atoms with Gasteiger partial charge < -0.3 is 15.4 Å². The van der Waals surface area contributed by atoms with Gasteiger partial charge in [0, 0.05) is 25.6 Å². The highest BCUT2D eigenvalue weighted by Gasteiger charge is 2.30. The van der Waals surface area contributed by atoms with Gasteiger partial charge in [0.1, 0.15) is 17.5 Å². The fraction of sp³-hybridized carbons (Fsp3) is 0.733. The largest absolute Gasteiger partial charge is 0.379 e. The molecule has 5 heteroatoms. The van der Waals surface area contributed by atoms with E-state index in [1.807, 2.05) is 7.05 Å². The molecule has 0 aromatic carbocycles. The molecule has 0 bridgehead atoms. The van der Waals surface area contributed by atoms with Gasteiger partial charge in [-0.1, -0.05) is 0 Å². The number of nitrogens with zero attached hydrogens (tertiary/aromatic N) is 2. The molecular formula is C15H24N4O. The number of rotatable bonds is 5. The minimum Gasteiger partial charge on any atom is -0.379 e. The molecule has 5 nitrogen and oxygen atoms in total. The molecule has 2 aliphatic carbocycles. The van der Waals surface area contributed by atoms with Crippen molar-refractivity contribution in [3.8, 4) is 0 Å². The number of hydrogen-bond donors (Lipinski definition) is 2. The van der Waals surface area contributed by atoms with Crippen LogP contribution in [0.3, 0.4) is 0 Å². The van der Waals surface area contributed by atoms with Crippen molar-refractivity contribution in [2.45, 2.75) is 57.1 Å². The van der Waals surface area contributed by atoms with Crippen LogP contribution in [0.5, 0.6) is 0 Å². The molecule has 0 radical (unpaired) electrons. The van der Waals surface area contributed by atoms with Crippen LogP contribution in [0.15, 0.2) is 0 Å². The molecule has 2 N–H and O–H groups in total. The van der Waals surface area contributed by atoms with Gasteiger partial charge in [-0.3, -0.25) is 0 Å². The summed E-state index contributed by atoms with van der Waals surface area (Å²) in [6.45, 7) is 2.07. The van der Waals surface area contributed by atoms with Crippen LogP contribution < -0.4 is 10.6 Å². The van der Waals surface area contributed by atoms with Crippen LogP contribution >= 0.6 is 0 Å². The van der Waals surface area contributed by atoms with E-state index in [0.717, 1.165) is 35.9 Å². The minimum absolute atomic E-state index is 0.298. The summed E-state index contributed by atoms with van der Waals surface area (Å²) in [4.78, 5) is 9.39. The summed E-state index contributed by atoms with van der Waals surface area (Å²) in [6, 6.07) is 0.366. The van der Waals surface area contributed by atoms with Crippen LogP contribution in [0.25, 0.3) is 0 Å². The Kier molecular flexibility index (Phi) is 3.78. The van der Waals surface area contributed by atoms with E-state index in [0.29, 0.717) is 18.1 Å². The highest BCUT2D eigenvalue weighted by molar-refractivity contribution is 5.58. The molecule has 2 aliphatic rings. The highest BCUT2D eigenvalue weighted by Crippen LogP contribution is 2.39. The Balaban J connectivity index is 1.85. The summed E-state index contributed by atoms with van der Waals surface area (Å²) < 4.78 is 5.56. The Labute approximate surface area is 120 Å². The first-order chi connectivity index (χ1) is 9.72. The molecule has 1 aromatic heterocycles. The zero-order valence-corrected chi connectivity index (χ0v) is 12.6. The van der Waals surface area contributed by atoms with Gasteiger partial charge in [0.25, 0.3) is 0 Å². The smallest absolute Gasteiger partial charge is 0.136 e. The summed E-state index contributed by atoms with van der Waals surface area (Å²) >= 11 is 0. The Morgan fingerprint density at radius 3 is 2.50 bits per heavy atom. The summed E-state index contributed by atoms with van der Waals surface area (Å²) in [7, 11) is 3.72. The summed E-state index contributed by atoms with van der Waals surface area (Å²) in [5.74, 6) is 3.45.